The minimum atomic E-state index is -0.139. The molecule has 0 fully saturated rings. The van der Waals surface area contributed by atoms with Crippen molar-refractivity contribution in [1.29, 1.82) is 0 Å². The standard InChI is InChI=1S/C26H18O4/c1-29-16-9-7-15(8-10-16)21-14-23-24(22-13-17(30-2)11-12-18(21)22)26(28)20-6-4-3-5-19(20)25(23)27/h3-14H,1-2H3. The summed E-state index contributed by atoms with van der Waals surface area (Å²) in [5.74, 6) is 1.11. The predicted molar refractivity (Wildman–Crippen MR) is 116 cm³/mol. The van der Waals surface area contributed by atoms with E-state index in [1.54, 1.807) is 38.5 Å². The summed E-state index contributed by atoms with van der Waals surface area (Å²) in [6.45, 7) is 0. The molecule has 4 aromatic carbocycles. The molecule has 1 aliphatic carbocycles. The lowest BCUT2D eigenvalue weighted by Crippen LogP contribution is -2.21. The molecular weight excluding hydrogens is 376 g/mol. The van der Waals surface area contributed by atoms with Gasteiger partial charge in [-0.05, 0) is 52.2 Å². The Balaban J connectivity index is 1.85. The van der Waals surface area contributed by atoms with Crippen LogP contribution in [0.25, 0.3) is 21.9 Å². The van der Waals surface area contributed by atoms with Crippen molar-refractivity contribution in [2.24, 2.45) is 0 Å². The Bertz CT molecular complexity index is 1330. The van der Waals surface area contributed by atoms with E-state index in [2.05, 4.69) is 0 Å². The highest BCUT2D eigenvalue weighted by molar-refractivity contribution is 6.33. The highest BCUT2D eigenvalue weighted by atomic mass is 16.5. The van der Waals surface area contributed by atoms with Gasteiger partial charge in [0, 0.05) is 22.3 Å². The van der Waals surface area contributed by atoms with Crippen LogP contribution in [0, 0.1) is 0 Å². The predicted octanol–water partition coefficient (Wildman–Crippen LogP) is 5.30. The van der Waals surface area contributed by atoms with Gasteiger partial charge in [0.15, 0.2) is 11.6 Å². The van der Waals surface area contributed by atoms with Crippen molar-refractivity contribution in [2.75, 3.05) is 14.2 Å². The van der Waals surface area contributed by atoms with Crippen molar-refractivity contribution >= 4 is 22.3 Å². The number of carbonyl (C=O) groups excluding carboxylic acids is 2. The number of hydrogen-bond donors (Lipinski definition) is 0. The lowest BCUT2D eigenvalue weighted by atomic mass is 9.79. The number of fused-ring (bicyclic) bond motifs is 4. The van der Waals surface area contributed by atoms with Gasteiger partial charge in [0.2, 0.25) is 0 Å². The zero-order chi connectivity index (χ0) is 20.8. The smallest absolute Gasteiger partial charge is 0.195 e. The Kier molecular flexibility index (Phi) is 4.14. The Labute approximate surface area is 173 Å². The van der Waals surface area contributed by atoms with Crippen molar-refractivity contribution < 1.29 is 19.1 Å². The van der Waals surface area contributed by atoms with Crippen LogP contribution in [0.15, 0.2) is 72.8 Å². The summed E-state index contributed by atoms with van der Waals surface area (Å²) in [5.41, 5.74) is 3.56. The van der Waals surface area contributed by atoms with Crippen LogP contribution >= 0.6 is 0 Å². The zero-order valence-electron chi connectivity index (χ0n) is 16.6. The minimum absolute atomic E-state index is 0.139. The fourth-order valence-electron chi connectivity index (χ4n) is 4.12. The van der Waals surface area contributed by atoms with Crippen molar-refractivity contribution in [1.82, 2.24) is 0 Å². The van der Waals surface area contributed by atoms with Crippen LogP contribution in [0.4, 0.5) is 0 Å². The molecule has 0 unspecified atom stereocenters. The zero-order valence-corrected chi connectivity index (χ0v) is 16.6. The maximum atomic E-state index is 13.4. The molecule has 5 rings (SSSR count). The number of methoxy groups -OCH3 is 2. The summed E-state index contributed by atoms with van der Waals surface area (Å²) in [4.78, 5) is 26.7. The Morgan fingerprint density at radius 3 is 1.87 bits per heavy atom. The highest BCUT2D eigenvalue weighted by Crippen LogP contribution is 2.40. The molecular formula is C26H18O4. The molecule has 1 aliphatic rings. The molecule has 4 heteroatoms. The maximum absolute atomic E-state index is 13.4. The number of ether oxygens (including phenoxy) is 2. The van der Waals surface area contributed by atoms with Gasteiger partial charge in [0.25, 0.3) is 0 Å². The average molecular weight is 394 g/mol. The minimum Gasteiger partial charge on any atom is -0.497 e. The molecule has 0 N–H and O–H groups in total. The van der Waals surface area contributed by atoms with Crippen LogP contribution in [0.1, 0.15) is 31.8 Å². The number of hydrogen-bond acceptors (Lipinski definition) is 4. The second-order valence-corrected chi connectivity index (χ2v) is 7.19. The third-order valence-electron chi connectivity index (χ3n) is 5.63. The Morgan fingerprint density at radius 1 is 0.567 bits per heavy atom. The molecule has 0 aromatic heterocycles. The van der Waals surface area contributed by atoms with E-state index in [4.69, 9.17) is 9.47 Å². The van der Waals surface area contributed by atoms with Gasteiger partial charge < -0.3 is 9.47 Å². The molecule has 0 amide bonds. The number of carbonyl (C=O) groups is 2. The second kappa shape index (κ2) is 6.85. The van der Waals surface area contributed by atoms with E-state index in [9.17, 15) is 9.59 Å². The van der Waals surface area contributed by atoms with E-state index < -0.39 is 0 Å². The molecule has 0 atom stereocenters. The summed E-state index contributed by atoms with van der Waals surface area (Å²) in [5, 5.41) is 1.60. The first-order valence-corrected chi connectivity index (χ1v) is 9.60. The summed E-state index contributed by atoms with van der Waals surface area (Å²) < 4.78 is 10.7. The molecule has 0 radical (unpaired) electrons. The van der Waals surface area contributed by atoms with Gasteiger partial charge in [-0.15, -0.1) is 0 Å². The number of ketones is 2. The van der Waals surface area contributed by atoms with Gasteiger partial charge in [-0.2, -0.15) is 0 Å². The van der Waals surface area contributed by atoms with Gasteiger partial charge in [0.1, 0.15) is 11.5 Å². The van der Waals surface area contributed by atoms with E-state index in [1.807, 2.05) is 48.5 Å². The summed E-state index contributed by atoms with van der Waals surface area (Å²) >= 11 is 0. The van der Waals surface area contributed by atoms with Crippen LogP contribution < -0.4 is 9.47 Å². The first-order chi connectivity index (χ1) is 14.6. The van der Waals surface area contributed by atoms with Crippen LogP contribution in [0.5, 0.6) is 11.5 Å². The van der Waals surface area contributed by atoms with Crippen molar-refractivity contribution in [3.8, 4) is 22.6 Å². The van der Waals surface area contributed by atoms with Crippen molar-refractivity contribution in [3.05, 3.63) is 95.1 Å². The fourth-order valence-corrected chi connectivity index (χ4v) is 4.12. The Morgan fingerprint density at radius 2 is 1.20 bits per heavy atom. The first kappa shape index (κ1) is 18.1. The average Bonchev–Trinajstić information content (AvgIpc) is 2.81. The van der Waals surface area contributed by atoms with Crippen LogP contribution in [-0.2, 0) is 0 Å². The molecule has 4 aromatic rings. The van der Waals surface area contributed by atoms with E-state index in [0.717, 1.165) is 22.3 Å². The third kappa shape index (κ3) is 2.61. The molecule has 0 saturated carbocycles. The summed E-state index contributed by atoms with van der Waals surface area (Å²) in [6, 6.07) is 22.1. The molecule has 30 heavy (non-hydrogen) atoms. The van der Waals surface area contributed by atoms with Gasteiger partial charge >= 0.3 is 0 Å². The molecule has 0 bridgehead atoms. The SMILES string of the molecule is COc1ccc(-c2cc3c(c4cc(OC)ccc24)C(=O)c2ccccc2C3=O)cc1. The van der Waals surface area contributed by atoms with Gasteiger partial charge in [-0.25, -0.2) is 0 Å². The van der Waals surface area contributed by atoms with Crippen LogP contribution in [-0.4, -0.2) is 25.8 Å². The topological polar surface area (TPSA) is 52.6 Å². The van der Waals surface area contributed by atoms with Gasteiger partial charge in [-0.3, -0.25) is 9.59 Å². The molecule has 0 spiro atoms. The molecule has 0 aliphatic heterocycles. The lowest BCUT2D eigenvalue weighted by Gasteiger charge is -2.21. The molecule has 0 heterocycles. The second-order valence-electron chi connectivity index (χ2n) is 7.19. The van der Waals surface area contributed by atoms with Crippen molar-refractivity contribution in [2.45, 2.75) is 0 Å². The molecule has 146 valence electrons. The van der Waals surface area contributed by atoms with E-state index in [1.165, 1.54) is 0 Å². The third-order valence-corrected chi connectivity index (χ3v) is 5.63. The number of benzene rings is 4. The number of rotatable bonds is 3. The highest BCUT2D eigenvalue weighted by Gasteiger charge is 2.32. The van der Waals surface area contributed by atoms with E-state index in [-0.39, 0.29) is 11.6 Å². The lowest BCUT2D eigenvalue weighted by molar-refractivity contribution is 0.0980. The molecule has 0 saturated heterocycles. The molecule has 4 nitrogen and oxygen atoms in total. The fraction of sp³-hybridized carbons (Fsp3) is 0.0769. The largest absolute Gasteiger partial charge is 0.497 e. The van der Waals surface area contributed by atoms with Gasteiger partial charge in [-0.1, -0.05) is 42.5 Å². The van der Waals surface area contributed by atoms with Crippen molar-refractivity contribution in [3.63, 3.8) is 0 Å². The monoisotopic (exact) mass is 394 g/mol. The quantitative estimate of drug-likeness (QED) is 0.417. The maximum Gasteiger partial charge on any atom is 0.195 e. The van der Waals surface area contributed by atoms with E-state index >= 15 is 0 Å². The van der Waals surface area contributed by atoms with Crippen LogP contribution in [0.2, 0.25) is 0 Å². The van der Waals surface area contributed by atoms with Crippen LogP contribution in [0.3, 0.4) is 0 Å². The summed E-state index contributed by atoms with van der Waals surface area (Å²) in [6.07, 6.45) is 0. The van der Waals surface area contributed by atoms with E-state index in [0.29, 0.717) is 33.4 Å². The normalized spacial score (nSPS) is 12.5. The Hall–Kier alpha value is -3.92. The van der Waals surface area contributed by atoms with Gasteiger partial charge in [0.05, 0.1) is 14.2 Å². The summed E-state index contributed by atoms with van der Waals surface area (Å²) in [7, 11) is 3.21. The first-order valence-electron chi connectivity index (χ1n) is 9.60.